The average Bonchev–Trinajstić information content (AvgIpc) is 3.93. The second kappa shape index (κ2) is 20.9. The molecule has 0 unspecified atom stereocenters. The van der Waals surface area contributed by atoms with Crippen molar-refractivity contribution in [3.05, 3.63) is 279 Å². The summed E-state index contributed by atoms with van der Waals surface area (Å²) < 4.78 is 24.6. The van der Waals surface area contributed by atoms with Crippen molar-refractivity contribution in [2.24, 2.45) is 0 Å². The Bertz CT molecular complexity index is 3010. The highest BCUT2D eigenvalue weighted by Crippen LogP contribution is 2.42. The second-order valence-corrected chi connectivity index (χ2v) is 17.6. The van der Waals surface area contributed by atoms with E-state index >= 15 is 0 Å². The van der Waals surface area contributed by atoms with Crippen LogP contribution in [0.4, 0.5) is 34.1 Å². The van der Waals surface area contributed by atoms with Crippen LogP contribution in [0.5, 0.6) is 46.0 Å². The van der Waals surface area contributed by atoms with E-state index in [4.69, 9.17) is 18.9 Å². The molecule has 0 aliphatic heterocycles. The highest BCUT2D eigenvalue weighted by molar-refractivity contribution is 7.18. The van der Waals surface area contributed by atoms with E-state index < -0.39 is 0 Å². The first-order valence-corrected chi connectivity index (χ1v) is 24.2. The SMILES string of the molecule is c1ccc(Oc2ccc(N(c3ccc(Oc4ccccc4)cc3)c3ccc(-c4ccc(-c5ccc(N(c6ccc(Oc7ccccc7)cc6)c6ccc(Oc7ccccc7)cc6)cc5)s4)cc3)cc2)cc1. The number of hydrogen-bond donors (Lipinski definition) is 0. The predicted octanol–water partition coefficient (Wildman–Crippen LogP) is 19.2. The minimum Gasteiger partial charge on any atom is -0.457 e. The number of nitrogens with zero attached hydrogens (tertiary/aromatic N) is 2. The summed E-state index contributed by atoms with van der Waals surface area (Å²) in [4.78, 5) is 6.85. The van der Waals surface area contributed by atoms with Crippen LogP contribution in [0.1, 0.15) is 0 Å². The number of anilines is 6. The van der Waals surface area contributed by atoms with Crippen LogP contribution < -0.4 is 28.7 Å². The summed E-state index contributed by atoms with van der Waals surface area (Å²) >= 11 is 1.78. The summed E-state index contributed by atoms with van der Waals surface area (Å²) in [5.41, 5.74) is 8.33. The first kappa shape index (κ1) is 44.2. The van der Waals surface area contributed by atoms with E-state index in [9.17, 15) is 0 Å². The van der Waals surface area contributed by atoms with Gasteiger partial charge in [-0.1, -0.05) is 97.1 Å². The third-order valence-corrected chi connectivity index (χ3v) is 12.9. The van der Waals surface area contributed by atoms with E-state index in [0.717, 1.165) is 91.2 Å². The van der Waals surface area contributed by atoms with Crippen LogP contribution in [0.2, 0.25) is 0 Å². The topological polar surface area (TPSA) is 43.4 Å². The van der Waals surface area contributed by atoms with Crippen molar-refractivity contribution in [3.63, 3.8) is 0 Å². The summed E-state index contributed by atoms with van der Waals surface area (Å²) in [5, 5.41) is 0. The molecule has 71 heavy (non-hydrogen) atoms. The van der Waals surface area contributed by atoms with Crippen LogP contribution in [0.15, 0.2) is 279 Å². The van der Waals surface area contributed by atoms with Gasteiger partial charge in [-0.2, -0.15) is 0 Å². The maximum atomic E-state index is 6.14. The Balaban J connectivity index is 0.841. The molecule has 7 heteroatoms. The molecule has 11 aromatic rings. The van der Waals surface area contributed by atoms with Crippen LogP contribution in [0.25, 0.3) is 20.9 Å². The smallest absolute Gasteiger partial charge is 0.127 e. The Morgan fingerprint density at radius 3 is 0.620 bits per heavy atom. The molecule has 0 atom stereocenters. The molecular formula is C64H46N2O4S. The molecular weight excluding hydrogens is 893 g/mol. The molecule has 10 aromatic carbocycles. The molecule has 0 bridgehead atoms. The third-order valence-electron chi connectivity index (χ3n) is 11.7. The fourth-order valence-electron chi connectivity index (χ4n) is 8.24. The van der Waals surface area contributed by atoms with Crippen molar-refractivity contribution >= 4 is 45.5 Å². The number of ether oxygens (including phenoxy) is 4. The summed E-state index contributed by atoms with van der Waals surface area (Å²) in [6.45, 7) is 0. The van der Waals surface area contributed by atoms with E-state index in [2.05, 4.69) is 119 Å². The van der Waals surface area contributed by atoms with E-state index in [1.54, 1.807) is 11.3 Å². The van der Waals surface area contributed by atoms with Crippen molar-refractivity contribution in [2.75, 3.05) is 9.80 Å². The van der Waals surface area contributed by atoms with E-state index in [1.807, 2.05) is 170 Å². The lowest BCUT2D eigenvalue weighted by Crippen LogP contribution is -2.09. The standard InChI is InChI=1S/C64H46N2O4S/c1-5-13-55(14-6-1)67-59-37-29-51(30-38-59)65(52-31-39-60(40-32-52)68-56-15-7-2-8-16-56)49-25-21-47(22-26-49)63-45-46-64(71-63)48-23-27-50(28-24-48)66(53-33-41-61(42-34-53)69-57-17-9-3-10-18-57)54-35-43-62(44-36-54)70-58-19-11-4-12-20-58/h1-46H. The van der Waals surface area contributed by atoms with E-state index in [-0.39, 0.29) is 0 Å². The van der Waals surface area contributed by atoms with Gasteiger partial charge in [0.05, 0.1) is 0 Å². The zero-order valence-electron chi connectivity index (χ0n) is 38.5. The summed E-state index contributed by atoms with van der Waals surface area (Å²) in [7, 11) is 0. The molecule has 0 aliphatic rings. The third kappa shape index (κ3) is 10.7. The van der Waals surface area contributed by atoms with Crippen molar-refractivity contribution in [3.8, 4) is 66.9 Å². The van der Waals surface area contributed by atoms with Gasteiger partial charge < -0.3 is 28.7 Å². The molecule has 11 rings (SSSR count). The van der Waals surface area contributed by atoms with Crippen LogP contribution in [0.3, 0.4) is 0 Å². The Morgan fingerprint density at radius 1 is 0.197 bits per heavy atom. The highest BCUT2D eigenvalue weighted by Gasteiger charge is 2.17. The molecule has 0 radical (unpaired) electrons. The highest BCUT2D eigenvalue weighted by atomic mass is 32.1. The minimum absolute atomic E-state index is 0.766. The van der Waals surface area contributed by atoms with Gasteiger partial charge >= 0.3 is 0 Å². The van der Waals surface area contributed by atoms with Crippen LogP contribution in [0, 0.1) is 0 Å². The maximum Gasteiger partial charge on any atom is 0.127 e. The molecule has 0 saturated heterocycles. The summed E-state index contributed by atoms with van der Waals surface area (Å²) in [5.74, 6) is 6.24. The number of thiophene rings is 1. The van der Waals surface area contributed by atoms with Gasteiger partial charge in [-0.15, -0.1) is 11.3 Å². The van der Waals surface area contributed by atoms with Gasteiger partial charge in [0, 0.05) is 43.9 Å². The van der Waals surface area contributed by atoms with Crippen molar-refractivity contribution in [1.29, 1.82) is 0 Å². The first-order chi connectivity index (χ1) is 35.1. The molecule has 0 spiro atoms. The Labute approximate surface area is 418 Å². The summed E-state index contributed by atoms with van der Waals surface area (Å²) in [6.07, 6.45) is 0. The fourth-order valence-corrected chi connectivity index (χ4v) is 9.26. The molecule has 1 aromatic heterocycles. The number of para-hydroxylation sites is 4. The lowest BCUT2D eigenvalue weighted by molar-refractivity contribution is 0.482. The Kier molecular flexibility index (Phi) is 13.0. The molecule has 1 heterocycles. The average molecular weight is 939 g/mol. The normalized spacial score (nSPS) is 10.8. The second-order valence-electron chi connectivity index (χ2n) is 16.6. The van der Waals surface area contributed by atoms with E-state index in [1.165, 1.54) is 9.75 Å². The van der Waals surface area contributed by atoms with Gasteiger partial charge in [0.1, 0.15) is 46.0 Å². The zero-order valence-corrected chi connectivity index (χ0v) is 39.3. The molecule has 0 aliphatic carbocycles. The molecule has 0 N–H and O–H groups in total. The fraction of sp³-hybridized carbons (Fsp3) is 0. The van der Waals surface area contributed by atoms with Crippen molar-refractivity contribution in [1.82, 2.24) is 0 Å². The zero-order chi connectivity index (χ0) is 47.6. The first-order valence-electron chi connectivity index (χ1n) is 23.4. The lowest BCUT2D eigenvalue weighted by atomic mass is 10.1. The predicted molar refractivity (Wildman–Crippen MR) is 291 cm³/mol. The molecule has 0 saturated carbocycles. The van der Waals surface area contributed by atoms with E-state index in [0.29, 0.717) is 0 Å². The van der Waals surface area contributed by atoms with Gasteiger partial charge in [-0.25, -0.2) is 0 Å². The Morgan fingerprint density at radius 2 is 0.394 bits per heavy atom. The van der Waals surface area contributed by atoms with Gasteiger partial charge in [-0.05, 0) is 193 Å². The Hall–Kier alpha value is -9.30. The quantitative estimate of drug-likeness (QED) is 0.0962. The monoisotopic (exact) mass is 938 g/mol. The van der Waals surface area contributed by atoms with Gasteiger partial charge in [0.2, 0.25) is 0 Å². The number of rotatable bonds is 16. The summed E-state index contributed by atoms with van der Waals surface area (Å²) in [6, 6.07) is 94.1. The number of benzene rings is 10. The van der Waals surface area contributed by atoms with Crippen LogP contribution in [-0.4, -0.2) is 0 Å². The molecule has 0 amide bonds. The van der Waals surface area contributed by atoms with Crippen molar-refractivity contribution < 1.29 is 18.9 Å². The van der Waals surface area contributed by atoms with Gasteiger partial charge in [0.25, 0.3) is 0 Å². The lowest BCUT2D eigenvalue weighted by Gasteiger charge is -2.26. The molecule has 0 fully saturated rings. The van der Waals surface area contributed by atoms with Gasteiger partial charge in [-0.3, -0.25) is 0 Å². The van der Waals surface area contributed by atoms with Crippen molar-refractivity contribution in [2.45, 2.75) is 0 Å². The molecule has 6 nitrogen and oxygen atoms in total. The van der Waals surface area contributed by atoms with Gasteiger partial charge in [0.15, 0.2) is 0 Å². The maximum absolute atomic E-state index is 6.14. The largest absolute Gasteiger partial charge is 0.457 e. The van der Waals surface area contributed by atoms with Crippen LogP contribution in [-0.2, 0) is 0 Å². The minimum atomic E-state index is 0.766. The molecule has 342 valence electrons. The van der Waals surface area contributed by atoms with Crippen LogP contribution >= 0.6 is 11.3 Å². The number of hydrogen-bond acceptors (Lipinski definition) is 7.